The summed E-state index contributed by atoms with van der Waals surface area (Å²) in [5, 5.41) is 4.06. The molecule has 2 aliphatic rings. The molecule has 9 heteroatoms. The molecule has 0 saturated carbocycles. The summed E-state index contributed by atoms with van der Waals surface area (Å²) in [6.45, 7) is 2.94. The van der Waals surface area contributed by atoms with Crippen LogP contribution >= 0.6 is 23.2 Å². The van der Waals surface area contributed by atoms with Crippen molar-refractivity contribution in [3.8, 4) is 0 Å². The Morgan fingerprint density at radius 2 is 2.00 bits per heavy atom. The van der Waals surface area contributed by atoms with Crippen LogP contribution in [-0.4, -0.2) is 38.2 Å². The Labute approximate surface area is 185 Å². The second kappa shape index (κ2) is 8.21. The number of amidine groups is 1. The molecule has 2 heterocycles. The first kappa shape index (κ1) is 21.2. The molecule has 2 aliphatic heterocycles. The van der Waals surface area contributed by atoms with Crippen molar-refractivity contribution in [2.24, 2.45) is 10.3 Å². The van der Waals surface area contributed by atoms with E-state index >= 15 is 0 Å². The van der Waals surface area contributed by atoms with Gasteiger partial charge in [-0.2, -0.15) is 8.42 Å². The molecule has 0 radical (unpaired) electrons. The number of hydrogen-bond acceptors (Lipinski definition) is 4. The molecule has 1 N–H and O–H groups in total. The van der Waals surface area contributed by atoms with E-state index in [0.29, 0.717) is 34.5 Å². The van der Waals surface area contributed by atoms with Crippen LogP contribution in [0, 0.1) is 5.92 Å². The number of carbonyl (C=O) groups excluding carboxylic acids is 1. The van der Waals surface area contributed by atoms with Crippen LogP contribution in [0.15, 0.2) is 51.8 Å². The first-order valence-electron chi connectivity index (χ1n) is 9.71. The topological polar surface area (TPSA) is 78.8 Å². The van der Waals surface area contributed by atoms with Crippen molar-refractivity contribution in [1.29, 1.82) is 0 Å². The van der Waals surface area contributed by atoms with Crippen molar-refractivity contribution in [3.05, 3.63) is 63.6 Å². The predicted octanol–water partition coefficient (Wildman–Crippen LogP) is 4.03. The zero-order valence-electron chi connectivity index (χ0n) is 16.3. The summed E-state index contributed by atoms with van der Waals surface area (Å²) in [5.41, 5.74) is 1.39. The lowest BCUT2D eigenvalue weighted by atomic mass is 9.95. The fourth-order valence-corrected chi connectivity index (χ4v) is 5.76. The number of fused-ring (bicyclic) bond motifs is 1. The number of nitrogens with one attached hydrogen (secondary N) is 1. The normalized spacial score (nSPS) is 21.0. The van der Waals surface area contributed by atoms with Crippen molar-refractivity contribution in [3.63, 3.8) is 0 Å². The van der Waals surface area contributed by atoms with Gasteiger partial charge >= 0.3 is 0 Å². The third kappa shape index (κ3) is 4.06. The van der Waals surface area contributed by atoms with Crippen molar-refractivity contribution in [2.75, 3.05) is 13.1 Å². The molecule has 1 saturated heterocycles. The van der Waals surface area contributed by atoms with Gasteiger partial charge in [-0.3, -0.25) is 4.79 Å². The third-order valence-corrected chi connectivity index (χ3v) is 7.38. The molecule has 158 valence electrons. The van der Waals surface area contributed by atoms with Gasteiger partial charge in [-0.1, -0.05) is 41.4 Å². The van der Waals surface area contributed by atoms with Crippen molar-refractivity contribution in [2.45, 2.75) is 30.7 Å². The quantitative estimate of drug-likeness (QED) is 0.741. The maximum atomic E-state index is 12.9. The van der Waals surface area contributed by atoms with Crippen LogP contribution in [0.3, 0.4) is 0 Å². The Hall–Kier alpha value is -2.09. The molecule has 4 rings (SSSR count). The number of carbonyl (C=O) groups is 1. The first-order chi connectivity index (χ1) is 14.3. The van der Waals surface area contributed by atoms with Crippen LogP contribution in [0.4, 0.5) is 0 Å². The van der Waals surface area contributed by atoms with E-state index in [2.05, 4.69) is 9.71 Å². The molecule has 2 atom stereocenters. The fraction of sp³-hybridized carbons (Fsp3) is 0.333. The Morgan fingerprint density at radius 1 is 1.23 bits per heavy atom. The molecular formula is C21H21Cl2N3O3S. The summed E-state index contributed by atoms with van der Waals surface area (Å²) >= 11 is 12.2. The summed E-state index contributed by atoms with van der Waals surface area (Å²) in [5.74, 6) is 0.0651. The average molecular weight is 466 g/mol. The van der Waals surface area contributed by atoms with Crippen LogP contribution < -0.4 is 5.32 Å². The summed E-state index contributed by atoms with van der Waals surface area (Å²) in [6.07, 6.45) is 1.50. The van der Waals surface area contributed by atoms with Gasteiger partial charge in [0.25, 0.3) is 10.0 Å². The molecule has 30 heavy (non-hydrogen) atoms. The van der Waals surface area contributed by atoms with Crippen molar-refractivity contribution >= 4 is 45.0 Å². The number of hydrogen-bond donors (Lipinski definition) is 1. The number of rotatable bonds is 3. The van der Waals surface area contributed by atoms with Crippen LogP contribution in [0.2, 0.25) is 10.0 Å². The third-order valence-electron chi connectivity index (χ3n) is 5.49. The molecule has 0 aliphatic carbocycles. The highest BCUT2D eigenvalue weighted by Gasteiger charge is 2.35. The second-order valence-electron chi connectivity index (χ2n) is 7.57. The number of sulfonamides is 1. The van der Waals surface area contributed by atoms with E-state index in [0.717, 1.165) is 18.4 Å². The fourth-order valence-electron chi connectivity index (χ4n) is 3.96. The SMILES string of the molecule is CC(NC(=O)C1CCCN(C2=NS(=O)(=O)c3ccccc32)C1)c1ccc(Cl)cc1Cl. The molecule has 1 amide bonds. The second-order valence-corrected chi connectivity index (χ2v) is 9.98. The summed E-state index contributed by atoms with van der Waals surface area (Å²) in [7, 11) is -3.68. The first-order valence-corrected chi connectivity index (χ1v) is 11.9. The van der Waals surface area contributed by atoms with Gasteiger partial charge in [-0.05, 0) is 49.6 Å². The van der Waals surface area contributed by atoms with Gasteiger partial charge in [-0.15, -0.1) is 4.40 Å². The highest BCUT2D eigenvalue weighted by Crippen LogP contribution is 2.30. The van der Waals surface area contributed by atoms with Gasteiger partial charge in [0.1, 0.15) is 4.90 Å². The zero-order valence-corrected chi connectivity index (χ0v) is 18.6. The maximum absolute atomic E-state index is 12.9. The van der Waals surface area contributed by atoms with Gasteiger partial charge in [0.05, 0.1) is 12.0 Å². The molecule has 1 fully saturated rings. The Balaban J connectivity index is 1.49. The van der Waals surface area contributed by atoms with Gasteiger partial charge in [0.2, 0.25) is 5.91 Å². The predicted molar refractivity (Wildman–Crippen MR) is 117 cm³/mol. The van der Waals surface area contributed by atoms with Gasteiger partial charge in [-0.25, -0.2) is 0 Å². The molecule has 2 aromatic carbocycles. The van der Waals surface area contributed by atoms with Crippen LogP contribution in [0.25, 0.3) is 0 Å². The number of benzene rings is 2. The van der Waals surface area contributed by atoms with E-state index in [1.165, 1.54) is 0 Å². The summed E-state index contributed by atoms with van der Waals surface area (Å²) in [4.78, 5) is 15.0. The number of piperidine rings is 1. The van der Waals surface area contributed by atoms with E-state index in [1.54, 1.807) is 42.5 Å². The number of likely N-dealkylation sites (tertiary alicyclic amines) is 1. The summed E-state index contributed by atoms with van der Waals surface area (Å²) < 4.78 is 28.7. The van der Waals surface area contributed by atoms with Gasteiger partial charge in [0.15, 0.2) is 5.84 Å². The number of halogens is 2. The lowest BCUT2D eigenvalue weighted by Gasteiger charge is -2.34. The minimum absolute atomic E-state index is 0.0899. The van der Waals surface area contributed by atoms with E-state index in [4.69, 9.17) is 23.2 Å². The largest absolute Gasteiger partial charge is 0.355 e. The minimum atomic E-state index is -3.68. The van der Waals surface area contributed by atoms with E-state index < -0.39 is 10.0 Å². The monoisotopic (exact) mass is 465 g/mol. The molecule has 2 aromatic rings. The number of nitrogens with zero attached hydrogens (tertiary/aromatic N) is 2. The number of amides is 1. The lowest BCUT2D eigenvalue weighted by molar-refractivity contribution is -0.126. The van der Waals surface area contributed by atoms with Crippen LogP contribution in [0.1, 0.15) is 36.9 Å². The maximum Gasteiger partial charge on any atom is 0.285 e. The van der Waals surface area contributed by atoms with E-state index in [-0.39, 0.29) is 22.8 Å². The molecule has 6 nitrogen and oxygen atoms in total. The molecule has 0 spiro atoms. The zero-order chi connectivity index (χ0) is 21.5. The van der Waals surface area contributed by atoms with E-state index in [9.17, 15) is 13.2 Å². The smallest absolute Gasteiger partial charge is 0.285 e. The minimum Gasteiger partial charge on any atom is -0.355 e. The highest BCUT2D eigenvalue weighted by molar-refractivity contribution is 7.90. The molecule has 0 bridgehead atoms. The highest BCUT2D eigenvalue weighted by atomic mass is 35.5. The van der Waals surface area contributed by atoms with E-state index in [1.807, 2.05) is 11.8 Å². The van der Waals surface area contributed by atoms with Gasteiger partial charge in [0, 0.05) is 28.7 Å². The van der Waals surface area contributed by atoms with Gasteiger partial charge < -0.3 is 10.2 Å². The standard InChI is InChI=1S/C21H21Cl2N3O3S/c1-13(16-9-8-15(22)11-18(16)23)24-21(27)14-5-4-10-26(12-14)20-17-6-2-3-7-19(17)30(28,29)25-20/h2-3,6-9,11,13-14H,4-5,10,12H2,1H3,(H,24,27). The summed E-state index contributed by atoms with van der Waals surface area (Å²) in [6, 6.07) is 11.7. The Bertz CT molecular complexity index is 1130. The van der Waals surface area contributed by atoms with Crippen LogP contribution in [0.5, 0.6) is 0 Å². The molecule has 0 aromatic heterocycles. The lowest BCUT2D eigenvalue weighted by Crippen LogP contribution is -2.45. The molecular weight excluding hydrogens is 445 g/mol. The Kier molecular flexibility index (Phi) is 5.79. The van der Waals surface area contributed by atoms with Crippen LogP contribution in [-0.2, 0) is 14.8 Å². The van der Waals surface area contributed by atoms with Crippen molar-refractivity contribution in [1.82, 2.24) is 10.2 Å². The molecule has 2 unspecified atom stereocenters. The average Bonchev–Trinajstić information content (AvgIpc) is 2.99. The van der Waals surface area contributed by atoms with Crippen molar-refractivity contribution < 1.29 is 13.2 Å². The Morgan fingerprint density at radius 3 is 2.77 bits per heavy atom.